The van der Waals surface area contributed by atoms with Gasteiger partial charge in [-0.25, -0.2) is 0 Å². The molecule has 0 saturated carbocycles. The van der Waals surface area contributed by atoms with Crippen LogP contribution < -0.4 is 0 Å². The summed E-state index contributed by atoms with van der Waals surface area (Å²) in [5.74, 6) is 0. The molecule has 100 valence electrons. The Balaban J connectivity index is 1.87. The molecule has 1 unspecified atom stereocenters. The molecule has 0 spiro atoms. The molecule has 0 fully saturated rings. The average Bonchev–Trinajstić information content (AvgIpc) is 2.98. The van der Waals surface area contributed by atoms with Crippen LogP contribution in [0.3, 0.4) is 0 Å². The topological polar surface area (TPSA) is 0 Å². The van der Waals surface area contributed by atoms with Crippen molar-refractivity contribution in [3.63, 3.8) is 0 Å². The minimum Gasteiger partial charge on any atom is -0.149 e. The van der Waals surface area contributed by atoms with E-state index in [-0.39, 0.29) is 0 Å². The van der Waals surface area contributed by atoms with Crippen molar-refractivity contribution in [1.82, 2.24) is 0 Å². The van der Waals surface area contributed by atoms with Gasteiger partial charge in [0.15, 0.2) is 0 Å². The van der Waals surface area contributed by atoms with Crippen molar-refractivity contribution in [2.75, 3.05) is 5.33 Å². The van der Waals surface area contributed by atoms with Crippen molar-refractivity contribution >= 4 is 27.3 Å². The number of aryl methyl sites for hydroxylation is 2. The Morgan fingerprint density at radius 3 is 2.84 bits per heavy atom. The van der Waals surface area contributed by atoms with Crippen LogP contribution in [0.5, 0.6) is 0 Å². The van der Waals surface area contributed by atoms with E-state index in [2.05, 4.69) is 57.7 Å². The number of hydrogen-bond acceptors (Lipinski definition) is 1. The third kappa shape index (κ3) is 2.66. The van der Waals surface area contributed by atoms with Crippen molar-refractivity contribution < 1.29 is 0 Å². The van der Waals surface area contributed by atoms with Gasteiger partial charge < -0.3 is 0 Å². The number of rotatable bonds is 4. The Labute approximate surface area is 128 Å². The van der Waals surface area contributed by atoms with Gasteiger partial charge in [0.25, 0.3) is 0 Å². The average molecular weight is 335 g/mol. The Morgan fingerprint density at radius 1 is 1.16 bits per heavy atom. The maximum atomic E-state index is 3.81. The largest absolute Gasteiger partial charge is 0.149 e. The van der Waals surface area contributed by atoms with Crippen LogP contribution in [0.25, 0.3) is 0 Å². The molecule has 1 aliphatic rings. The monoisotopic (exact) mass is 334 g/mol. The standard InChI is InChI=1S/C17H19BrS/c18-13-17(11-9-15-7-4-12-19-15)10-3-6-14-5-1-2-8-16(14)17/h1-2,4-5,7-8,12H,3,6,9-11,13H2. The van der Waals surface area contributed by atoms with E-state index in [9.17, 15) is 0 Å². The zero-order valence-corrected chi connectivity index (χ0v) is 13.5. The first-order valence-corrected chi connectivity index (χ1v) is 9.01. The lowest BCUT2D eigenvalue weighted by molar-refractivity contribution is 0.377. The molecule has 0 aliphatic heterocycles. The maximum Gasteiger partial charge on any atom is 0.0129 e. The van der Waals surface area contributed by atoms with E-state index in [4.69, 9.17) is 0 Å². The van der Waals surface area contributed by atoms with Crippen LogP contribution in [0.15, 0.2) is 41.8 Å². The second-order valence-electron chi connectivity index (χ2n) is 5.50. The number of alkyl halides is 1. The molecule has 0 amide bonds. The molecule has 19 heavy (non-hydrogen) atoms. The van der Waals surface area contributed by atoms with Crippen molar-refractivity contribution in [2.45, 2.75) is 37.5 Å². The van der Waals surface area contributed by atoms with Crippen molar-refractivity contribution in [3.05, 3.63) is 57.8 Å². The first-order chi connectivity index (χ1) is 9.34. The van der Waals surface area contributed by atoms with Crippen molar-refractivity contribution in [1.29, 1.82) is 0 Å². The fourth-order valence-electron chi connectivity index (χ4n) is 3.29. The summed E-state index contributed by atoms with van der Waals surface area (Å²) in [7, 11) is 0. The zero-order chi connectivity index (χ0) is 13.1. The molecule has 2 heteroatoms. The van der Waals surface area contributed by atoms with Crippen molar-refractivity contribution in [3.8, 4) is 0 Å². The van der Waals surface area contributed by atoms with Gasteiger partial charge in [-0.05, 0) is 54.7 Å². The van der Waals surface area contributed by atoms with Crippen LogP contribution in [-0.2, 0) is 18.3 Å². The minimum absolute atomic E-state index is 0.346. The molecule has 2 aromatic rings. The van der Waals surface area contributed by atoms with E-state index < -0.39 is 0 Å². The first kappa shape index (κ1) is 13.4. The summed E-state index contributed by atoms with van der Waals surface area (Å²) >= 11 is 5.69. The summed E-state index contributed by atoms with van der Waals surface area (Å²) in [5, 5.41) is 3.27. The van der Waals surface area contributed by atoms with E-state index in [1.54, 1.807) is 11.1 Å². The Hall–Kier alpha value is -0.600. The summed E-state index contributed by atoms with van der Waals surface area (Å²) in [6.45, 7) is 0. The third-order valence-corrected chi connectivity index (χ3v) is 6.39. The van der Waals surface area contributed by atoms with Gasteiger partial charge in [-0.15, -0.1) is 11.3 Å². The molecule has 1 aliphatic carbocycles. The predicted octanol–water partition coefficient (Wildman–Crippen LogP) is 5.35. The minimum atomic E-state index is 0.346. The summed E-state index contributed by atoms with van der Waals surface area (Å²) in [6.07, 6.45) is 6.37. The lowest BCUT2D eigenvalue weighted by Crippen LogP contribution is -2.33. The highest BCUT2D eigenvalue weighted by molar-refractivity contribution is 9.09. The van der Waals surface area contributed by atoms with Gasteiger partial charge in [0.05, 0.1) is 0 Å². The Kier molecular flexibility index (Phi) is 4.09. The SMILES string of the molecule is BrCC1(CCc2cccs2)CCCc2ccccc21. The van der Waals surface area contributed by atoms with Crippen molar-refractivity contribution in [2.24, 2.45) is 0 Å². The van der Waals surface area contributed by atoms with Gasteiger partial charge in [0.2, 0.25) is 0 Å². The lowest BCUT2D eigenvalue weighted by Gasteiger charge is -2.38. The van der Waals surface area contributed by atoms with Crippen LogP contribution in [0, 0.1) is 0 Å². The maximum absolute atomic E-state index is 3.81. The normalized spacial score (nSPS) is 22.2. The fraction of sp³-hybridized carbons (Fsp3) is 0.412. The highest BCUT2D eigenvalue weighted by Crippen LogP contribution is 2.42. The Bertz CT molecular complexity index is 532. The lowest BCUT2D eigenvalue weighted by atomic mass is 9.69. The van der Waals surface area contributed by atoms with E-state index in [1.807, 2.05) is 11.3 Å². The smallest absolute Gasteiger partial charge is 0.0129 e. The number of hydrogen-bond donors (Lipinski definition) is 0. The van der Waals surface area contributed by atoms with Gasteiger partial charge in [0.1, 0.15) is 0 Å². The molecule has 0 bridgehead atoms. The molecule has 1 atom stereocenters. The summed E-state index contributed by atoms with van der Waals surface area (Å²) < 4.78 is 0. The van der Waals surface area contributed by atoms with E-state index in [0.29, 0.717) is 5.41 Å². The van der Waals surface area contributed by atoms with Gasteiger partial charge in [-0.3, -0.25) is 0 Å². The predicted molar refractivity (Wildman–Crippen MR) is 87.5 cm³/mol. The number of benzene rings is 1. The molecule has 1 aromatic heterocycles. The summed E-state index contributed by atoms with van der Waals surface area (Å²) in [4.78, 5) is 1.52. The van der Waals surface area contributed by atoms with Gasteiger partial charge >= 0.3 is 0 Å². The van der Waals surface area contributed by atoms with E-state index in [1.165, 1.54) is 37.0 Å². The second kappa shape index (κ2) is 5.80. The number of thiophene rings is 1. The van der Waals surface area contributed by atoms with Gasteiger partial charge in [-0.1, -0.05) is 46.3 Å². The van der Waals surface area contributed by atoms with Crippen LogP contribution >= 0.6 is 27.3 Å². The molecule has 1 aromatic carbocycles. The summed E-state index contributed by atoms with van der Waals surface area (Å²) in [5.41, 5.74) is 3.51. The van der Waals surface area contributed by atoms with E-state index >= 15 is 0 Å². The molecular weight excluding hydrogens is 316 g/mol. The molecule has 3 rings (SSSR count). The second-order valence-corrected chi connectivity index (χ2v) is 7.10. The third-order valence-electron chi connectivity index (χ3n) is 4.38. The first-order valence-electron chi connectivity index (χ1n) is 7.01. The molecule has 0 N–H and O–H groups in total. The van der Waals surface area contributed by atoms with Crippen LogP contribution in [0.4, 0.5) is 0 Å². The molecule has 0 nitrogen and oxygen atoms in total. The molecule has 0 radical (unpaired) electrons. The summed E-state index contributed by atoms with van der Waals surface area (Å²) in [6, 6.07) is 13.5. The molecule has 0 saturated heterocycles. The Morgan fingerprint density at radius 2 is 2.05 bits per heavy atom. The molecule has 1 heterocycles. The van der Waals surface area contributed by atoms with Crippen LogP contribution in [0.2, 0.25) is 0 Å². The van der Waals surface area contributed by atoms with Gasteiger partial charge in [-0.2, -0.15) is 0 Å². The van der Waals surface area contributed by atoms with Gasteiger partial charge in [0, 0.05) is 15.6 Å². The van der Waals surface area contributed by atoms with Crippen LogP contribution in [0.1, 0.15) is 35.3 Å². The van der Waals surface area contributed by atoms with Crippen LogP contribution in [-0.4, -0.2) is 5.33 Å². The highest BCUT2D eigenvalue weighted by atomic mass is 79.9. The number of halogens is 1. The highest BCUT2D eigenvalue weighted by Gasteiger charge is 2.34. The quantitative estimate of drug-likeness (QED) is 0.661. The number of fused-ring (bicyclic) bond motifs is 1. The molecular formula is C17H19BrS. The zero-order valence-electron chi connectivity index (χ0n) is 11.1. The fourth-order valence-corrected chi connectivity index (χ4v) is 4.86. The van der Waals surface area contributed by atoms with E-state index in [0.717, 1.165) is 5.33 Å².